The molecule has 4 rings (SSSR count). The smallest absolute Gasteiger partial charge is 0.225 e. The Hall–Kier alpha value is -1.11. The molecule has 2 aliphatic rings. The Morgan fingerprint density at radius 2 is 2.32 bits per heavy atom. The molecule has 0 radical (unpaired) electrons. The Labute approximate surface area is 138 Å². The molecule has 1 atom stereocenters. The second kappa shape index (κ2) is 6.18. The highest BCUT2D eigenvalue weighted by Crippen LogP contribution is 2.43. The molecule has 1 aliphatic heterocycles. The molecule has 22 heavy (non-hydrogen) atoms. The van der Waals surface area contributed by atoms with E-state index in [9.17, 15) is 4.79 Å². The minimum atomic E-state index is 0.0891. The van der Waals surface area contributed by atoms with Gasteiger partial charge in [-0.15, -0.1) is 11.3 Å². The monoisotopic (exact) mass is 333 g/mol. The summed E-state index contributed by atoms with van der Waals surface area (Å²) in [5.74, 6) is 2.94. The van der Waals surface area contributed by atoms with Gasteiger partial charge in [0.15, 0.2) is 0 Å². The number of aromatic nitrogens is 1. The molecule has 2 N–H and O–H groups in total. The third-order valence-corrected chi connectivity index (χ3v) is 6.36. The lowest BCUT2D eigenvalue weighted by molar-refractivity contribution is -0.116. The maximum Gasteiger partial charge on any atom is 0.225 e. The van der Waals surface area contributed by atoms with Crippen LogP contribution < -0.4 is 10.6 Å². The molecule has 4 nitrogen and oxygen atoms in total. The molecule has 2 aromatic rings. The van der Waals surface area contributed by atoms with Crippen molar-refractivity contribution < 1.29 is 4.79 Å². The zero-order valence-electron chi connectivity index (χ0n) is 12.3. The minimum Gasteiger partial charge on any atom is -0.326 e. The highest BCUT2D eigenvalue weighted by molar-refractivity contribution is 7.99. The number of hydrogen-bond donors (Lipinski definition) is 2. The van der Waals surface area contributed by atoms with E-state index in [-0.39, 0.29) is 5.91 Å². The van der Waals surface area contributed by atoms with Crippen LogP contribution in [0.15, 0.2) is 18.2 Å². The first-order chi connectivity index (χ1) is 10.8. The topological polar surface area (TPSA) is 54.0 Å². The highest BCUT2D eigenvalue weighted by Gasteiger charge is 2.27. The Kier molecular flexibility index (Phi) is 4.07. The van der Waals surface area contributed by atoms with Gasteiger partial charge in [-0.1, -0.05) is 0 Å². The number of anilines is 1. The summed E-state index contributed by atoms with van der Waals surface area (Å²) in [5.41, 5.74) is 1.93. The van der Waals surface area contributed by atoms with Crippen LogP contribution in [-0.4, -0.2) is 35.0 Å². The number of benzene rings is 1. The van der Waals surface area contributed by atoms with E-state index in [0.29, 0.717) is 18.4 Å². The quantitative estimate of drug-likeness (QED) is 0.902. The third-order valence-electron chi connectivity index (χ3n) is 4.05. The van der Waals surface area contributed by atoms with Gasteiger partial charge in [-0.25, -0.2) is 4.98 Å². The van der Waals surface area contributed by atoms with Crippen LogP contribution in [0.4, 0.5) is 5.69 Å². The molecule has 6 heteroatoms. The van der Waals surface area contributed by atoms with Crippen LogP contribution in [0.1, 0.15) is 30.2 Å². The number of hydrogen-bond acceptors (Lipinski definition) is 5. The van der Waals surface area contributed by atoms with E-state index in [1.807, 2.05) is 23.9 Å². The molecule has 2 fully saturated rings. The number of carbonyl (C=O) groups is 1. The highest BCUT2D eigenvalue weighted by atomic mass is 32.2. The normalized spacial score (nSPS) is 21.9. The molecular formula is C16H19N3OS2. The van der Waals surface area contributed by atoms with E-state index < -0.39 is 0 Å². The van der Waals surface area contributed by atoms with E-state index >= 15 is 0 Å². The van der Waals surface area contributed by atoms with Gasteiger partial charge in [0.2, 0.25) is 5.91 Å². The molecule has 1 amide bonds. The fourth-order valence-electron chi connectivity index (χ4n) is 2.71. The van der Waals surface area contributed by atoms with Gasteiger partial charge in [0.1, 0.15) is 0 Å². The van der Waals surface area contributed by atoms with Crippen molar-refractivity contribution in [2.45, 2.75) is 31.2 Å². The SMILES string of the molecule is O=C(CC1CSCCN1)Nc1ccc2nc(C3CC3)sc2c1. The van der Waals surface area contributed by atoms with Crippen molar-refractivity contribution in [2.75, 3.05) is 23.4 Å². The van der Waals surface area contributed by atoms with Crippen LogP contribution in [0.25, 0.3) is 10.2 Å². The number of nitrogens with one attached hydrogen (secondary N) is 2. The van der Waals surface area contributed by atoms with Crippen LogP contribution in [0.5, 0.6) is 0 Å². The van der Waals surface area contributed by atoms with Crippen molar-refractivity contribution in [1.82, 2.24) is 10.3 Å². The van der Waals surface area contributed by atoms with Crippen molar-refractivity contribution in [3.05, 3.63) is 23.2 Å². The van der Waals surface area contributed by atoms with E-state index in [2.05, 4.69) is 21.7 Å². The Morgan fingerprint density at radius 3 is 3.09 bits per heavy atom. The summed E-state index contributed by atoms with van der Waals surface area (Å²) in [4.78, 5) is 16.8. The van der Waals surface area contributed by atoms with Crippen molar-refractivity contribution in [3.63, 3.8) is 0 Å². The predicted molar refractivity (Wildman–Crippen MR) is 94.0 cm³/mol. The molecule has 1 saturated carbocycles. The lowest BCUT2D eigenvalue weighted by atomic mass is 10.2. The van der Waals surface area contributed by atoms with Gasteiger partial charge >= 0.3 is 0 Å². The van der Waals surface area contributed by atoms with Crippen molar-refractivity contribution in [1.29, 1.82) is 0 Å². The standard InChI is InChI=1S/C16H19N3OS2/c20-15(8-12-9-21-6-5-17-12)18-11-3-4-13-14(7-11)22-16(19-13)10-1-2-10/h3-4,7,10,12,17H,1-2,5-6,8-9H2,(H,18,20). The summed E-state index contributed by atoms with van der Waals surface area (Å²) in [6.45, 7) is 0.999. The molecule has 1 saturated heterocycles. The van der Waals surface area contributed by atoms with Crippen LogP contribution in [-0.2, 0) is 4.79 Å². The van der Waals surface area contributed by atoms with E-state index in [4.69, 9.17) is 0 Å². The predicted octanol–water partition coefficient (Wildman–Crippen LogP) is 3.21. The summed E-state index contributed by atoms with van der Waals surface area (Å²) in [5, 5.41) is 7.68. The van der Waals surface area contributed by atoms with E-state index in [0.717, 1.165) is 29.3 Å². The lowest BCUT2D eigenvalue weighted by Crippen LogP contribution is -2.39. The largest absolute Gasteiger partial charge is 0.326 e. The summed E-state index contributed by atoms with van der Waals surface area (Å²) in [6.07, 6.45) is 3.09. The number of nitrogens with zero attached hydrogens (tertiary/aromatic N) is 1. The van der Waals surface area contributed by atoms with Gasteiger partial charge in [-0.05, 0) is 31.0 Å². The number of thioether (sulfide) groups is 1. The number of thiazole rings is 1. The van der Waals surface area contributed by atoms with Gasteiger partial charge in [0.05, 0.1) is 15.2 Å². The summed E-state index contributed by atoms with van der Waals surface area (Å²) in [7, 11) is 0. The first-order valence-corrected chi connectivity index (χ1v) is 9.76. The Bertz CT molecular complexity index is 690. The first-order valence-electron chi connectivity index (χ1n) is 7.79. The zero-order valence-corrected chi connectivity index (χ0v) is 13.9. The molecule has 2 heterocycles. The van der Waals surface area contributed by atoms with Gasteiger partial charge in [0.25, 0.3) is 0 Å². The maximum atomic E-state index is 12.2. The van der Waals surface area contributed by atoms with Gasteiger partial charge in [-0.3, -0.25) is 4.79 Å². The molecule has 1 aliphatic carbocycles. The van der Waals surface area contributed by atoms with Crippen LogP contribution >= 0.6 is 23.1 Å². The summed E-state index contributed by atoms with van der Waals surface area (Å²) in [6, 6.07) is 6.33. The van der Waals surface area contributed by atoms with Crippen LogP contribution in [0.3, 0.4) is 0 Å². The van der Waals surface area contributed by atoms with E-state index in [1.54, 1.807) is 11.3 Å². The molecule has 0 bridgehead atoms. The lowest BCUT2D eigenvalue weighted by Gasteiger charge is -2.22. The van der Waals surface area contributed by atoms with Crippen LogP contribution in [0.2, 0.25) is 0 Å². The van der Waals surface area contributed by atoms with Gasteiger partial charge in [-0.2, -0.15) is 11.8 Å². The average molecular weight is 333 g/mol. The molecule has 0 spiro atoms. The molecular weight excluding hydrogens is 314 g/mol. The molecule has 1 unspecified atom stereocenters. The fraction of sp³-hybridized carbons (Fsp3) is 0.500. The minimum absolute atomic E-state index is 0.0891. The van der Waals surface area contributed by atoms with Crippen molar-refractivity contribution in [2.24, 2.45) is 0 Å². The Balaban J connectivity index is 1.42. The maximum absolute atomic E-state index is 12.2. The fourth-order valence-corrected chi connectivity index (χ4v) is 4.84. The van der Waals surface area contributed by atoms with E-state index in [1.165, 1.54) is 22.5 Å². The first kappa shape index (κ1) is 14.5. The Morgan fingerprint density at radius 1 is 1.41 bits per heavy atom. The third kappa shape index (κ3) is 3.29. The van der Waals surface area contributed by atoms with Crippen molar-refractivity contribution in [3.8, 4) is 0 Å². The van der Waals surface area contributed by atoms with Gasteiger partial charge < -0.3 is 10.6 Å². The average Bonchev–Trinajstić information content (AvgIpc) is 3.28. The molecule has 116 valence electrons. The summed E-state index contributed by atoms with van der Waals surface area (Å²) >= 11 is 3.68. The number of fused-ring (bicyclic) bond motifs is 1. The molecule has 1 aromatic carbocycles. The zero-order chi connectivity index (χ0) is 14.9. The number of carbonyl (C=O) groups excluding carboxylic acids is 1. The second-order valence-corrected chi connectivity index (χ2v) is 8.20. The summed E-state index contributed by atoms with van der Waals surface area (Å²) < 4.78 is 1.17. The van der Waals surface area contributed by atoms with Crippen molar-refractivity contribution >= 4 is 44.9 Å². The molecule has 1 aromatic heterocycles. The second-order valence-electron chi connectivity index (χ2n) is 5.99. The number of rotatable bonds is 4. The number of amides is 1. The van der Waals surface area contributed by atoms with Crippen LogP contribution in [0, 0.1) is 0 Å². The van der Waals surface area contributed by atoms with Gasteiger partial charge in [0, 0.05) is 42.1 Å².